The molecule has 2 aromatic rings. The first-order chi connectivity index (χ1) is 14.8. The van der Waals surface area contributed by atoms with E-state index in [-0.39, 0.29) is 42.0 Å². The lowest BCUT2D eigenvalue weighted by Gasteiger charge is -2.17. The summed E-state index contributed by atoms with van der Waals surface area (Å²) in [6, 6.07) is 3.11. The molecule has 0 spiro atoms. The molecule has 3 rings (SSSR count). The maximum absolute atomic E-state index is 13.1. The summed E-state index contributed by atoms with van der Waals surface area (Å²) in [5, 5.41) is 5.57. The van der Waals surface area contributed by atoms with Gasteiger partial charge in [0.25, 0.3) is 5.91 Å². The lowest BCUT2D eigenvalue weighted by Crippen LogP contribution is -2.28. The van der Waals surface area contributed by atoms with Crippen LogP contribution in [0.3, 0.4) is 0 Å². The average Bonchev–Trinajstić information content (AvgIpc) is 3.57. The first kappa shape index (κ1) is 22.6. The summed E-state index contributed by atoms with van der Waals surface area (Å²) in [6.45, 7) is 6.90. The molecule has 1 saturated carbocycles. The molecule has 0 aromatic carbocycles. The van der Waals surface area contributed by atoms with Gasteiger partial charge in [0.1, 0.15) is 18.5 Å². The monoisotopic (exact) mass is 429 g/mol. The average molecular weight is 429 g/mol. The summed E-state index contributed by atoms with van der Waals surface area (Å²) in [5.74, 6) is 0.0456. The van der Waals surface area contributed by atoms with Crippen LogP contribution in [0.25, 0.3) is 0 Å². The zero-order valence-corrected chi connectivity index (χ0v) is 18.2. The van der Waals surface area contributed by atoms with Crippen LogP contribution >= 0.6 is 0 Å². The highest BCUT2D eigenvalue weighted by Crippen LogP contribution is 2.29. The van der Waals surface area contributed by atoms with Crippen molar-refractivity contribution >= 4 is 17.8 Å². The molecule has 2 amide bonds. The predicted molar refractivity (Wildman–Crippen MR) is 114 cm³/mol. The summed E-state index contributed by atoms with van der Waals surface area (Å²) in [5.41, 5.74) is 2.38. The summed E-state index contributed by atoms with van der Waals surface area (Å²) in [6.07, 6.45) is 2.92. The molecule has 2 N–H and O–H groups in total. The van der Waals surface area contributed by atoms with Gasteiger partial charge < -0.3 is 10.1 Å². The van der Waals surface area contributed by atoms with E-state index < -0.39 is 6.17 Å². The first-order valence-corrected chi connectivity index (χ1v) is 10.5. The zero-order chi connectivity index (χ0) is 22.5. The fourth-order valence-electron chi connectivity index (χ4n) is 2.98. The molecule has 2 atom stereocenters. The Morgan fingerprint density at radius 3 is 2.65 bits per heavy atom. The topological polar surface area (TPSA) is 106 Å². The summed E-state index contributed by atoms with van der Waals surface area (Å²) < 4.78 is 18.5. The van der Waals surface area contributed by atoms with Gasteiger partial charge in [-0.1, -0.05) is 6.92 Å². The van der Waals surface area contributed by atoms with E-state index in [0.29, 0.717) is 18.0 Å². The standard InChI is InChI=1S/C22H28FN5O3/c1-5-15-9-17(10-24-21(15)31-11-12(2)23)14(4)26-20(30)18-8-13(3)25-22(27-18)28-19(29)16-6-7-16/h8-10,12,14,16H,5-7,11H2,1-4H3,(H,26,30)(H,25,27,28,29). The Bertz CT molecular complexity index is 962. The third-order valence-electron chi connectivity index (χ3n) is 4.89. The summed E-state index contributed by atoms with van der Waals surface area (Å²) in [7, 11) is 0. The normalized spacial score (nSPS) is 15.1. The maximum atomic E-state index is 13.1. The number of hydrogen-bond donors (Lipinski definition) is 2. The van der Waals surface area contributed by atoms with Gasteiger partial charge in [-0.2, -0.15) is 0 Å². The van der Waals surface area contributed by atoms with Crippen molar-refractivity contribution < 1.29 is 18.7 Å². The molecule has 0 aliphatic heterocycles. The molecule has 0 radical (unpaired) electrons. The highest BCUT2D eigenvalue weighted by atomic mass is 19.1. The Labute approximate surface area is 181 Å². The number of aryl methyl sites for hydroxylation is 2. The Hall–Kier alpha value is -3.10. The van der Waals surface area contributed by atoms with Gasteiger partial charge in [0, 0.05) is 23.4 Å². The highest BCUT2D eigenvalue weighted by Gasteiger charge is 2.30. The molecule has 1 aliphatic rings. The van der Waals surface area contributed by atoms with Crippen LogP contribution in [0.1, 0.15) is 67.0 Å². The number of hydrogen-bond acceptors (Lipinski definition) is 6. The van der Waals surface area contributed by atoms with Crippen LogP contribution in [0.4, 0.5) is 10.3 Å². The molecule has 2 aromatic heterocycles. The van der Waals surface area contributed by atoms with Crippen molar-refractivity contribution in [2.45, 2.75) is 59.2 Å². The lowest BCUT2D eigenvalue weighted by atomic mass is 10.1. The minimum Gasteiger partial charge on any atom is -0.474 e. The Morgan fingerprint density at radius 1 is 1.26 bits per heavy atom. The largest absolute Gasteiger partial charge is 0.474 e. The van der Waals surface area contributed by atoms with Crippen molar-refractivity contribution in [3.63, 3.8) is 0 Å². The van der Waals surface area contributed by atoms with E-state index in [1.165, 1.54) is 6.92 Å². The van der Waals surface area contributed by atoms with Crippen molar-refractivity contribution in [3.8, 4) is 5.88 Å². The van der Waals surface area contributed by atoms with Crippen LogP contribution in [0, 0.1) is 12.8 Å². The number of aromatic nitrogens is 3. The smallest absolute Gasteiger partial charge is 0.270 e. The van der Waals surface area contributed by atoms with Gasteiger partial charge in [-0.15, -0.1) is 0 Å². The third-order valence-corrected chi connectivity index (χ3v) is 4.89. The molecule has 1 fully saturated rings. The van der Waals surface area contributed by atoms with Gasteiger partial charge in [0.05, 0.1) is 6.04 Å². The van der Waals surface area contributed by atoms with Crippen molar-refractivity contribution in [1.29, 1.82) is 0 Å². The quantitative estimate of drug-likeness (QED) is 0.633. The van der Waals surface area contributed by atoms with Crippen LogP contribution in [0.2, 0.25) is 0 Å². The number of amides is 2. The minimum absolute atomic E-state index is 0.0155. The maximum Gasteiger partial charge on any atom is 0.270 e. The number of nitrogens with one attached hydrogen (secondary N) is 2. The first-order valence-electron chi connectivity index (χ1n) is 10.5. The number of rotatable bonds is 9. The van der Waals surface area contributed by atoms with Gasteiger partial charge in [0.2, 0.25) is 17.7 Å². The second-order valence-electron chi connectivity index (χ2n) is 7.86. The number of halogens is 1. The highest BCUT2D eigenvalue weighted by molar-refractivity contribution is 5.95. The van der Waals surface area contributed by atoms with Crippen LogP contribution in [0.5, 0.6) is 5.88 Å². The molecule has 31 heavy (non-hydrogen) atoms. The van der Waals surface area contributed by atoms with Gasteiger partial charge >= 0.3 is 0 Å². The van der Waals surface area contributed by atoms with Crippen LogP contribution in [0.15, 0.2) is 18.3 Å². The predicted octanol–water partition coefficient (Wildman–Crippen LogP) is 3.32. The fraction of sp³-hybridized carbons (Fsp3) is 0.500. The van der Waals surface area contributed by atoms with E-state index in [1.807, 2.05) is 19.9 Å². The lowest BCUT2D eigenvalue weighted by molar-refractivity contribution is -0.117. The van der Waals surface area contributed by atoms with Gasteiger partial charge in [-0.3, -0.25) is 14.9 Å². The van der Waals surface area contributed by atoms with E-state index in [1.54, 1.807) is 19.2 Å². The SMILES string of the molecule is CCc1cc(C(C)NC(=O)c2cc(C)nc(NC(=O)C3CC3)n2)cnc1OCC(C)F. The number of ether oxygens (including phenoxy) is 1. The number of anilines is 1. The fourth-order valence-corrected chi connectivity index (χ4v) is 2.98. The zero-order valence-electron chi connectivity index (χ0n) is 18.2. The van der Waals surface area contributed by atoms with Gasteiger partial charge in [-0.25, -0.2) is 19.3 Å². The molecular formula is C22H28FN5O3. The molecule has 1 aliphatic carbocycles. The van der Waals surface area contributed by atoms with Crippen molar-refractivity contribution in [2.24, 2.45) is 5.92 Å². The molecule has 0 bridgehead atoms. The third kappa shape index (κ3) is 6.19. The second kappa shape index (κ2) is 9.80. The Balaban J connectivity index is 1.69. The number of alkyl halides is 1. The van der Waals surface area contributed by atoms with Crippen LogP contribution in [-0.2, 0) is 11.2 Å². The minimum atomic E-state index is -1.08. The van der Waals surface area contributed by atoms with E-state index in [9.17, 15) is 14.0 Å². The Morgan fingerprint density at radius 2 is 2.00 bits per heavy atom. The molecule has 9 heteroatoms. The van der Waals surface area contributed by atoms with E-state index in [0.717, 1.165) is 24.0 Å². The van der Waals surface area contributed by atoms with E-state index in [4.69, 9.17) is 4.74 Å². The van der Waals surface area contributed by atoms with Crippen molar-refractivity contribution in [1.82, 2.24) is 20.3 Å². The van der Waals surface area contributed by atoms with Crippen LogP contribution in [-0.4, -0.2) is 39.5 Å². The van der Waals surface area contributed by atoms with E-state index in [2.05, 4.69) is 25.6 Å². The van der Waals surface area contributed by atoms with Crippen LogP contribution < -0.4 is 15.4 Å². The molecule has 0 saturated heterocycles. The second-order valence-corrected chi connectivity index (χ2v) is 7.86. The molecule has 2 heterocycles. The van der Waals surface area contributed by atoms with Gasteiger partial charge in [-0.05, 0) is 57.7 Å². The Kier molecular flexibility index (Phi) is 7.14. The molecular weight excluding hydrogens is 401 g/mol. The number of carbonyl (C=O) groups excluding carboxylic acids is 2. The number of pyridine rings is 1. The van der Waals surface area contributed by atoms with Gasteiger partial charge in [0.15, 0.2) is 0 Å². The summed E-state index contributed by atoms with van der Waals surface area (Å²) in [4.78, 5) is 37.4. The summed E-state index contributed by atoms with van der Waals surface area (Å²) >= 11 is 0. The number of carbonyl (C=O) groups is 2. The molecule has 2 unspecified atom stereocenters. The number of nitrogens with zero attached hydrogens (tertiary/aromatic N) is 3. The molecule has 8 nitrogen and oxygen atoms in total. The molecule has 166 valence electrons. The van der Waals surface area contributed by atoms with Crippen molar-refractivity contribution in [3.05, 3.63) is 40.8 Å². The van der Waals surface area contributed by atoms with Crippen molar-refractivity contribution in [2.75, 3.05) is 11.9 Å². The van der Waals surface area contributed by atoms with E-state index >= 15 is 0 Å².